The SMILES string of the molecule is CNC(C)Cc1nc(C2CN(C)CCN2C)no1. The smallest absolute Gasteiger partial charge is 0.228 e. The lowest BCUT2D eigenvalue weighted by atomic mass is 10.2. The van der Waals surface area contributed by atoms with Crippen molar-refractivity contribution in [2.75, 3.05) is 40.8 Å². The maximum absolute atomic E-state index is 5.33. The van der Waals surface area contributed by atoms with Crippen molar-refractivity contribution in [3.05, 3.63) is 11.7 Å². The van der Waals surface area contributed by atoms with E-state index in [2.05, 4.69) is 46.3 Å². The molecule has 1 N–H and O–H groups in total. The van der Waals surface area contributed by atoms with Crippen LogP contribution in [0.4, 0.5) is 0 Å². The van der Waals surface area contributed by atoms with E-state index in [4.69, 9.17) is 4.52 Å². The van der Waals surface area contributed by atoms with E-state index in [0.717, 1.165) is 31.9 Å². The average molecular weight is 253 g/mol. The van der Waals surface area contributed by atoms with Crippen LogP contribution in [0, 0.1) is 0 Å². The molecule has 2 heterocycles. The Balaban J connectivity index is 2.04. The third-order valence-electron chi connectivity index (χ3n) is 3.61. The molecule has 2 unspecified atom stereocenters. The van der Waals surface area contributed by atoms with Crippen LogP contribution in [0.1, 0.15) is 24.7 Å². The van der Waals surface area contributed by atoms with Gasteiger partial charge in [0.25, 0.3) is 0 Å². The summed E-state index contributed by atoms with van der Waals surface area (Å²) < 4.78 is 5.33. The summed E-state index contributed by atoms with van der Waals surface area (Å²) >= 11 is 0. The van der Waals surface area contributed by atoms with Crippen molar-refractivity contribution in [3.63, 3.8) is 0 Å². The highest BCUT2D eigenvalue weighted by atomic mass is 16.5. The summed E-state index contributed by atoms with van der Waals surface area (Å²) in [5, 5.41) is 7.30. The van der Waals surface area contributed by atoms with Crippen LogP contribution in [0.25, 0.3) is 0 Å². The van der Waals surface area contributed by atoms with Crippen molar-refractivity contribution in [3.8, 4) is 0 Å². The van der Waals surface area contributed by atoms with Gasteiger partial charge in [0, 0.05) is 32.1 Å². The molecule has 1 aromatic rings. The summed E-state index contributed by atoms with van der Waals surface area (Å²) in [6.07, 6.45) is 0.774. The van der Waals surface area contributed by atoms with Gasteiger partial charge < -0.3 is 14.7 Å². The molecular weight excluding hydrogens is 230 g/mol. The van der Waals surface area contributed by atoms with Gasteiger partial charge >= 0.3 is 0 Å². The van der Waals surface area contributed by atoms with E-state index in [0.29, 0.717) is 11.9 Å². The second kappa shape index (κ2) is 5.77. The molecule has 0 spiro atoms. The van der Waals surface area contributed by atoms with Crippen molar-refractivity contribution in [2.45, 2.75) is 25.4 Å². The van der Waals surface area contributed by atoms with E-state index >= 15 is 0 Å². The van der Waals surface area contributed by atoms with Crippen LogP contribution in [0.3, 0.4) is 0 Å². The van der Waals surface area contributed by atoms with Gasteiger partial charge in [0.2, 0.25) is 5.89 Å². The number of rotatable bonds is 4. The van der Waals surface area contributed by atoms with Crippen LogP contribution in [0.15, 0.2) is 4.52 Å². The van der Waals surface area contributed by atoms with Crippen LogP contribution >= 0.6 is 0 Å². The number of piperazine rings is 1. The average Bonchev–Trinajstić information content (AvgIpc) is 2.80. The first-order valence-corrected chi connectivity index (χ1v) is 6.48. The number of nitrogens with one attached hydrogen (secondary N) is 1. The molecule has 1 aromatic heterocycles. The Kier molecular flexibility index (Phi) is 4.31. The number of hydrogen-bond acceptors (Lipinski definition) is 6. The van der Waals surface area contributed by atoms with Gasteiger partial charge in [-0.05, 0) is 28.1 Å². The first-order valence-electron chi connectivity index (χ1n) is 6.48. The minimum absolute atomic E-state index is 0.242. The van der Waals surface area contributed by atoms with E-state index in [1.54, 1.807) is 0 Å². The monoisotopic (exact) mass is 253 g/mol. The summed E-state index contributed by atoms with van der Waals surface area (Å²) in [4.78, 5) is 9.11. The summed E-state index contributed by atoms with van der Waals surface area (Å²) in [5.41, 5.74) is 0. The molecule has 1 aliphatic heterocycles. The molecule has 0 bridgehead atoms. The zero-order valence-electron chi connectivity index (χ0n) is 11.7. The van der Waals surface area contributed by atoms with E-state index in [9.17, 15) is 0 Å². The highest BCUT2D eigenvalue weighted by Crippen LogP contribution is 2.20. The second-order valence-corrected chi connectivity index (χ2v) is 5.20. The molecule has 1 saturated heterocycles. The first kappa shape index (κ1) is 13.5. The Hall–Kier alpha value is -0.980. The number of nitrogens with zero attached hydrogens (tertiary/aromatic N) is 4. The Morgan fingerprint density at radius 1 is 1.44 bits per heavy atom. The lowest BCUT2D eigenvalue weighted by molar-refractivity contribution is 0.108. The highest BCUT2D eigenvalue weighted by molar-refractivity contribution is 4.98. The molecule has 2 rings (SSSR count). The summed E-state index contributed by atoms with van der Waals surface area (Å²) in [6.45, 7) is 5.19. The van der Waals surface area contributed by atoms with Gasteiger partial charge in [-0.25, -0.2) is 0 Å². The summed E-state index contributed by atoms with van der Waals surface area (Å²) in [7, 11) is 6.18. The minimum atomic E-state index is 0.242. The van der Waals surface area contributed by atoms with Gasteiger partial charge in [0.15, 0.2) is 5.82 Å². The van der Waals surface area contributed by atoms with E-state index in [-0.39, 0.29) is 6.04 Å². The van der Waals surface area contributed by atoms with Crippen LogP contribution in [0.5, 0.6) is 0 Å². The molecule has 1 aliphatic rings. The normalized spacial score (nSPS) is 24.3. The Morgan fingerprint density at radius 2 is 2.22 bits per heavy atom. The molecule has 1 fully saturated rings. The zero-order chi connectivity index (χ0) is 13.1. The van der Waals surface area contributed by atoms with Gasteiger partial charge in [0.1, 0.15) is 0 Å². The van der Waals surface area contributed by atoms with Gasteiger partial charge in [0.05, 0.1) is 6.04 Å². The fraction of sp³-hybridized carbons (Fsp3) is 0.833. The second-order valence-electron chi connectivity index (χ2n) is 5.20. The zero-order valence-corrected chi connectivity index (χ0v) is 11.7. The molecule has 6 heteroatoms. The lowest BCUT2D eigenvalue weighted by Crippen LogP contribution is -2.45. The van der Waals surface area contributed by atoms with E-state index in [1.807, 2.05) is 7.05 Å². The number of hydrogen-bond donors (Lipinski definition) is 1. The Morgan fingerprint density at radius 3 is 2.94 bits per heavy atom. The number of likely N-dealkylation sites (N-methyl/N-ethyl adjacent to an activating group) is 3. The molecule has 6 nitrogen and oxygen atoms in total. The third-order valence-corrected chi connectivity index (χ3v) is 3.61. The molecular formula is C12H23N5O. The standard InChI is InChI=1S/C12H23N5O/c1-9(13-2)7-11-14-12(15-18-11)10-8-16(3)5-6-17(10)4/h9-10,13H,5-8H2,1-4H3. The third kappa shape index (κ3) is 3.07. The minimum Gasteiger partial charge on any atom is -0.339 e. The van der Waals surface area contributed by atoms with E-state index < -0.39 is 0 Å². The molecule has 0 radical (unpaired) electrons. The molecule has 102 valence electrons. The van der Waals surface area contributed by atoms with Gasteiger partial charge in [-0.1, -0.05) is 5.16 Å². The van der Waals surface area contributed by atoms with Crippen molar-refractivity contribution in [2.24, 2.45) is 0 Å². The maximum atomic E-state index is 5.33. The number of aromatic nitrogens is 2. The molecule has 18 heavy (non-hydrogen) atoms. The van der Waals surface area contributed by atoms with Crippen molar-refractivity contribution in [1.29, 1.82) is 0 Å². The van der Waals surface area contributed by atoms with Crippen LogP contribution < -0.4 is 5.32 Å². The molecule has 0 aromatic carbocycles. The molecule has 0 aliphatic carbocycles. The molecule has 2 atom stereocenters. The maximum Gasteiger partial charge on any atom is 0.228 e. The van der Waals surface area contributed by atoms with E-state index in [1.165, 1.54) is 0 Å². The quantitative estimate of drug-likeness (QED) is 0.823. The van der Waals surface area contributed by atoms with Crippen LogP contribution in [-0.4, -0.2) is 66.8 Å². The lowest BCUT2D eigenvalue weighted by Gasteiger charge is -2.35. The van der Waals surface area contributed by atoms with Gasteiger partial charge in [-0.15, -0.1) is 0 Å². The fourth-order valence-corrected chi connectivity index (χ4v) is 2.14. The largest absolute Gasteiger partial charge is 0.339 e. The van der Waals surface area contributed by atoms with Crippen molar-refractivity contribution < 1.29 is 4.52 Å². The summed E-state index contributed by atoms with van der Waals surface area (Å²) in [5.74, 6) is 1.52. The Bertz CT molecular complexity index is 380. The summed E-state index contributed by atoms with van der Waals surface area (Å²) in [6, 6.07) is 0.594. The topological polar surface area (TPSA) is 57.4 Å². The van der Waals surface area contributed by atoms with Crippen molar-refractivity contribution in [1.82, 2.24) is 25.3 Å². The predicted octanol–water partition coefficient (Wildman–Crippen LogP) is 0.138. The van der Waals surface area contributed by atoms with Crippen LogP contribution in [-0.2, 0) is 6.42 Å². The fourth-order valence-electron chi connectivity index (χ4n) is 2.14. The van der Waals surface area contributed by atoms with Gasteiger partial charge in [-0.2, -0.15) is 4.98 Å². The molecule has 0 saturated carbocycles. The van der Waals surface area contributed by atoms with Crippen LogP contribution in [0.2, 0.25) is 0 Å². The highest BCUT2D eigenvalue weighted by Gasteiger charge is 2.27. The van der Waals surface area contributed by atoms with Crippen molar-refractivity contribution >= 4 is 0 Å². The Labute approximate surface area is 108 Å². The molecule has 0 amide bonds. The first-order chi connectivity index (χ1) is 8.60. The van der Waals surface area contributed by atoms with Gasteiger partial charge in [-0.3, -0.25) is 4.90 Å². The predicted molar refractivity (Wildman–Crippen MR) is 69.4 cm³/mol.